The highest BCUT2D eigenvalue weighted by Crippen LogP contribution is 2.25. The number of nitrogens with one attached hydrogen (secondary N) is 2. The van der Waals surface area contributed by atoms with E-state index in [4.69, 9.17) is 4.74 Å². The van der Waals surface area contributed by atoms with Crippen LogP contribution in [0.5, 0.6) is 0 Å². The van der Waals surface area contributed by atoms with Crippen molar-refractivity contribution in [1.82, 2.24) is 10.0 Å². The molecule has 2 N–H and O–H groups in total. The molecular weight excluding hydrogens is 460 g/mol. The van der Waals surface area contributed by atoms with E-state index in [1.54, 1.807) is 13.8 Å². The number of hydrogen-bond acceptors (Lipinski definition) is 5. The van der Waals surface area contributed by atoms with Crippen molar-refractivity contribution in [2.75, 3.05) is 0 Å². The van der Waals surface area contributed by atoms with Gasteiger partial charge in [0.2, 0.25) is 10.0 Å². The highest BCUT2D eigenvalue weighted by molar-refractivity contribution is 9.10. The van der Waals surface area contributed by atoms with Gasteiger partial charge in [-0.3, -0.25) is 4.79 Å². The van der Waals surface area contributed by atoms with E-state index in [-0.39, 0.29) is 28.4 Å². The molecule has 1 aliphatic rings. The highest BCUT2D eigenvalue weighted by atomic mass is 79.9. The van der Waals surface area contributed by atoms with Crippen molar-refractivity contribution < 1.29 is 22.7 Å². The maximum Gasteiger partial charge on any atom is 0.340 e. The fraction of sp³-hybridized carbons (Fsp3) is 0.600. The van der Waals surface area contributed by atoms with Gasteiger partial charge in [0.05, 0.1) is 10.5 Å². The topological polar surface area (TPSA) is 102 Å². The Morgan fingerprint density at radius 2 is 1.83 bits per heavy atom. The Labute approximate surface area is 181 Å². The summed E-state index contributed by atoms with van der Waals surface area (Å²) >= 11 is 3.25. The molecule has 0 spiro atoms. The summed E-state index contributed by atoms with van der Waals surface area (Å²) in [6.45, 7) is 7.03. The molecule has 0 unspecified atom stereocenters. The average molecular weight is 489 g/mol. The van der Waals surface area contributed by atoms with Crippen LogP contribution in [0.1, 0.15) is 63.7 Å². The van der Waals surface area contributed by atoms with E-state index in [1.165, 1.54) is 25.1 Å². The van der Waals surface area contributed by atoms with Crippen molar-refractivity contribution in [2.45, 2.75) is 76.5 Å². The van der Waals surface area contributed by atoms with E-state index >= 15 is 0 Å². The first-order valence-electron chi connectivity index (χ1n) is 9.84. The molecule has 0 heterocycles. The van der Waals surface area contributed by atoms with Gasteiger partial charge < -0.3 is 10.1 Å². The lowest BCUT2D eigenvalue weighted by molar-refractivity contribution is -0.130. The van der Waals surface area contributed by atoms with Crippen molar-refractivity contribution >= 4 is 37.8 Å². The molecule has 1 aromatic rings. The van der Waals surface area contributed by atoms with E-state index in [2.05, 4.69) is 32.9 Å². The summed E-state index contributed by atoms with van der Waals surface area (Å²) in [4.78, 5) is 25.0. The minimum absolute atomic E-state index is 0.0438. The van der Waals surface area contributed by atoms with Crippen LogP contribution in [0.3, 0.4) is 0 Å². The zero-order valence-electron chi connectivity index (χ0n) is 17.2. The second-order valence-electron chi connectivity index (χ2n) is 7.84. The van der Waals surface area contributed by atoms with Crippen molar-refractivity contribution in [2.24, 2.45) is 5.92 Å². The average Bonchev–Trinajstić information content (AvgIpc) is 2.62. The number of esters is 1. The summed E-state index contributed by atoms with van der Waals surface area (Å²) in [5, 5.41) is 2.96. The van der Waals surface area contributed by atoms with Gasteiger partial charge in [-0.1, -0.05) is 19.8 Å². The molecule has 1 fully saturated rings. The Morgan fingerprint density at radius 3 is 2.45 bits per heavy atom. The van der Waals surface area contributed by atoms with Gasteiger partial charge in [-0.15, -0.1) is 0 Å². The zero-order chi connectivity index (χ0) is 21.8. The maximum atomic E-state index is 12.6. The first-order chi connectivity index (χ1) is 13.5. The number of sulfonamides is 1. The fourth-order valence-electron chi connectivity index (χ4n) is 3.31. The normalized spacial score (nSPS) is 20.9. The molecule has 9 heteroatoms. The Bertz CT molecular complexity index is 856. The SMILES string of the molecule is CC(C)NS(=O)(=O)c1ccc(Br)c(C(=O)O[C@@H](C)C(=O)N[C@@H]2CCCC[C@@H]2C)c1. The van der Waals surface area contributed by atoms with Gasteiger partial charge >= 0.3 is 5.97 Å². The Hall–Kier alpha value is -1.45. The number of ether oxygens (including phenoxy) is 1. The van der Waals surface area contributed by atoms with Gasteiger partial charge in [-0.25, -0.2) is 17.9 Å². The van der Waals surface area contributed by atoms with Crippen molar-refractivity contribution in [3.63, 3.8) is 0 Å². The van der Waals surface area contributed by atoms with E-state index in [9.17, 15) is 18.0 Å². The lowest BCUT2D eigenvalue weighted by Crippen LogP contribution is -2.46. The predicted molar refractivity (Wildman–Crippen MR) is 114 cm³/mol. The number of amides is 1. The summed E-state index contributed by atoms with van der Waals surface area (Å²) in [6.07, 6.45) is 3.23. The molecule has 0 saturated heterocycles. The molecule has 2 rings (SSSR count). The molecule has 0 bridgehead atoms. The fourth-order valence-corrected chi connectivity index (χ4v) is 5.00. The smallest absolute Gasteiger partial charge is 0.340 e. The van der Waals surface area contributed by atoms with Crippen molar-refractivity contribution in [3.05, 3.63) is 28.2 Å². The first-order valence-corrected chi connectivity index (χ1v) is 12.1. The molecule has 1 saturated carbocycles. The molecule has 1 amide bonds. The van der Waals surface area contributed by atoms with Gasteiger partial charge in [0.1, 0.15) is 0 Å². The second kappa shape index (κ2) is 10.0. The Kier molecular flexibility index (Phi) is 8.25. The number of carbonyl (C=O) groups is 2. The van der Waals surface area contributed by atoms with Crippen LogP contribution in [0.15, 0.2) is 27.6 Å². The van der Waals surface area contributed by atoms with Crippen LogP contribution in [0.4, 0.5) is 0 Å². The summed E-state index contributed by atoms with van der Waals surface area (Å²) in [7, 11) is -3.76. The quantitative estimate of drug-likeness (QED) is 0.572. The molecule has 0 aromatic heterocycles. The van der Waals surface area contributed by atoms with Crippen LogP contribution in [0, 0.1) is 5.92 Å². The van der Waals surface area contributed by atoms with E-state index < -0.39 is 22.1 Å². The summed E-state index contributed by atoms with van der Waals surface area (Å²) in [5.41, 5.74) is 0.0438. The standard InChI is InChI=1S/C20H29BrN2O5S/c1-12(2)23-29(26,27)15-9-10-17(21)16(11-15)20(25)28-14(4)19(24)22-18-8-6-5-7-13(18)3/h9-14,18,23H,5-8H2,1-4H3,(H,22,24)/t13-,14-,18+/m0/s1. The molecular formula is C20H29BrN2O5S. The maximum absolute atomic E-state index is 12.6. The first kappa shape index (κ1) is 23.8. The Morgan fingerprint density at radius 1 is 1.17 bits per heavy atom. The van der Waals surface area contributed by atoms with Gasteiger partial charge in [0.25, 0.3) is 5.91 Å². The molecule has 1 aromatic carbocycles. The molecule has 0 radical (unpaired) electrons. The summed E-state index contributed by atoms with van der Waals surface area (Å²) in [5.74, 6) is -0.726. The number of benzene rings is 1. The van der Waals surface area contributed by atoms with E-state index in [1.807, 2.05) is 0 Å². The van der Waals surface area contributed by atoms with Gasteiger partial charge in [-0.05, 0) is 73.7 Å². The third-order valence-corrected chi connectivity index (χ3v) is 7.30. The lowest BCUT2D eigenvalue weighted by Gasteiger charge is -2.30. The van der Waals surface area contributed by atoms with E-state index in [0.29, 0.717) is 10.4 Å². The van der Waals surface area contributed by atoms with Gasteiger partial charge in [0, 0.05) is 16.6 Å². The minimum atomic E-state index is -3.76. The highest BCUT2D eigenvalue weighted by Gasteiger charge is 2.27. The van der Waals surface area contributed by atoms with Crippen LogP contribution in [-0.2, 0) is 19.6 Å². The van der Waals surface area contributed by atoms with Crippen LogP contribution >= 0.6 is 15.9 Å². The van der Waals surface area contributed by atoms with Gasteiger partial charge in [-0.2, -0.15) is 0 Å². The molecule has 29 heavy (non-hydrogen) atoms. The molecule has 7 nitrogen and oxygen atoms in total. The third-order valence-electron chi connectivity index (χ3n) is 4.95. The Balaban J connectivity index is 2.09. The van der Waals surface area contributed by atoms with Crippen LogP contribution in [0.2, 0.25) is 0 Å². The molecule has 0 aliphatic heterocycles. The molecule has 1 aliphatic carbocycles. The van der Waals surface area contributed by atoms with Crippen molar-refractivity contribution in [3.8, 4) is 0 Å². The molecule has 162 valence electrons. The predicted octanol–water partition coefficient (Wildman–Crippen LogP) is 3.38. The minimum Gasteiger partial charge on any atom is -0.449 e. The monoisotopic (exact) mass is 488 g/mol. The summed E-state index contributed by atoms with van der Waals surface area (Å²) < 4.78 is 32.9. The third kappa shape index (κ3) is 6.52. The number of hydrogen-bond donors (Lipinski definition) is 2. The zero-order valence-corrected chi connectivity index (χ0v) is 19.6. The number of rotatable bonds is 7. The van der Waals surface area contributed by atoms with E-state index in [0.717, 1.165) is 25.7 Å². The number of carbonyl (C=O) groups excluding carboxylic acids is 2. The molecule has 3 atom stereocenters. The lowest BCUT2D eigenvalue weighted by atomic mass is 9.86. The van der Waals surface area contributed by atoms with Crippen molar-refractivity contribution in [1.29, 1.82) is 0 Å². The van der Waals surface area contributed by atoms with Crippen LogP contribution in [-0.4, -0.2) is 38.5 Å². The summed E-state index contributed by atoms with van der Waals surface area (Å²) in [6, 6.07) is 3.90. The largest absolute Gasteiger partial charge is 0.449 e. The van der Waals surface area contributed by atoms with Crippen LogP contribution in [0.25, 0.3) is 0 Å². The van der Waals surface area contributed by atoms with Gasteiger partial charge in [0.15, 0.2) is 6.10 Å². The number of halogens is 1. The van der Waals surface area contributed by atoms with Crippen LogP contribution < -0.4 is 10.0 Å². The second-order valence-corrected chi connectivity index (χ2v) is 10.4.